The number of para-hydroxylation sites is 2. The maximum absolute atomic E-state index is 6.30. The molecule has 0 aliphatic carbocycles. The van der Waals surface area contributed by atoms with Crippen LogP contribution in [0.15, 0.2) is 114 Å². The van der Waals surface area contributed by atoms with Gasteiger partial charge in [0.05, 0.1) is 27.8 Å². The van der Waals surface area contributed by atoms with Gasteiger partial charge in [0.25, 0.3) is 0 Å². The predicted molar refractivity (Wildman–Crippen MR) is 144 cm³/mol. The van der Waals surface area contributed by atoms with Crippen LogP contribution in [0.5, 0.6) is 0 Å². The van der Waals surface area contributed by atoms with Gasteiger partial charge in [-0.2, -0.15) is 0 Å². The Bertz CT molecular complexity index is 2060. The Morgan fingerprint density at radius 1 is 0.583 bits per heavy atom. The van der Waals surface area contributed by atoms with E-state index in [1.165, 1.54) is 0 Å². The standard InChI is InChI=1S/C31H18N4O/c1-3-8-25-20(6-1)21(13-15-32-25)26-17-30-24(18-34-26)23-16-19(11-12-29(23)36-30)35-27-9-4-2-7-22(27)31-28(35)10-5-14-33-31/h1-18H. The molecule has 5 heterocycles. The molecule has 0 saturated heterocycles. The van der Waals surface area contributed by atoms with Crippen molar-refractivity contribution in [2.45, 2.75) is 0 Å². The summed E-state index contributed by atoms with van der Waals surface area (Å²) >= 11 is 0. The molecule has 0 spiro atoms. The molecule has 0 bridgehead atoms. The van der Waals surface area contributed by atoms with Crippen molar-refractivity contribution in [1.29, 1.82) is 0 Å². The van der Waals surface area contributed by atoms with Gasteiger partial charge in [0.1, 0.15) is 11.2 Å². The second kappa shape index (κ2) is 7.23. The lowest BCUT2D eigenvalue weighted by Gasteiger charge is -2.07. The maximum Gasteiger partial charge on any atom is 0.139 e. The van der Waals surface area contributed by atoms with Crippen LogP contribution in [0.4, 0.5) is 0 Å². The van der Waals surface area contributed by atoms with E-state index in [1.54, 1.807) is 0 Å². The number of rotatable bonds is 2. The number of nitrogens with zero attached hydrogens (tertiary/aromatic N) is 4. The Labute approximate surface area is 205 Å². The SMILES string of the molecule is c1ccc2c(-c3cc4oc5ccc(-n6c7ccccc7c7ncccc76)cc5c4cn3)ccnc2c1. The average Bonchev–Trinajstić information content (AvgIpc) is 3.47. The molecular formula is C31H18N4O. The maximum atomic E-state index is 6.30. The predicted octanol–water partition coefficient (Wildman–Crippen LogP) is 7.69. The zero-order valence-corrected chi connectivity index (χ0v) is 19.1. The summed E-state index contributed by atoms with van der Waals surface area (Å²) in [6.45, 7) is 0. The van der Waals surface area contributed by atoms with Gasteiger partial charge in [-0.05, 0) is 48.5 Å². The molecule has 36 heavy (non-hydrogen) atoms. The molecule has 0 atom stereocenters. The molecule has 0 N–H and O–H groups in total. The Balaban J connectivity index is 1.35. The highest BCUT2D eigenvalue weighted by Crippen LogP contribution is 2.36. The number of fused-ring (bicyclic) bond motifs is 7. The topological polar surface area (TPSA) is 56.7 Å². The molecule has 0 aliphatic rings. The molecule has 0 amide bonds. The van der Waals surface area contributed by atoms with Crippen molar-refractivity contribution in [3.05, 3.63) is 110 Å². The first-order valence-electron chi connectivity index (χ1n) is 11.9. The summed E-state index contributed by atoms with van der Waals surface area (Å²) in [5.74, 6) is 0. The van der Waals surface area contributed by atoms with Crippen molar-refractivity contribution in [2.75, 3.05) is 0 Å². The fourth-order valence-electron chi connectivity index (χ4n) is 5.33. The summed E-state index contributed by atoms with van der Waals surface area (Å²) in [7, 11) is 0. The van der Waals surface area contributed by atoms with Crippen molar-refractivity contribution >= 4 is 54.8 Å². The molecule has 0 aliphatic heterocycles. The summed E-state index contributed by atoms with van der Waals surface area (Å²) in [6, 6.07) is 31.0. The van der Waals surface area contributed by atoms with Gasteiger partial charge in [-0.3, -0.25) is 15.0 Å². The normalized spacial score (nSPS) is 11.9. The minimum absolute atomic E-state index is 0.817. The third kappa shape index (κ3) is 2.68. The van der Waals surface area contributed by atoms with Crippen molar-refractivity contribution in [2.24, 2.45) is 0 Å². The van der Waals surface area contributed by atoms with E-state index in [0.717, 1.165) is 71.7 Å². The Morgan fingerprint density at radius 2 is 1.44 bits per heavy atom. The van der Waals surface area contributed by atoms with Gasteiger partial charge in [-0.1, -0.05) is 36.4 Å². The number of pyridine rings is 3. The first-order valence-corrected chi connectivity index (χ1v) is 11.9. The van der Waals surface area contributed by atoms with Crippen LogP contribution in [-0.2, 0) is 0 Å². The monoisotopic (exact) mass is 462 g/mol. The van der Waals surface area contributed by atoms with E-state index >= 15 is 0 Å². The average molecular weight is 463 g/mol. The van der Waals surface area contributed by atoms with E-state index < -0.39 is 0 Å². The van der Waals surface area contributed by atoms with E-state index in [-0.39, 0.29) is 0 Å². The van der Waals surface area contributed by atoms with Gasteiger partial charge < -0.3 is 8.98 Å². The quantitative estimate of drug-likeness (QED) is 0.264. The lowest BCUT2D eigenvalue weighted by molar-refractivity contribution is 0.668. The van der Waals surface area contributed by atoms with Crippen molar-refractivity contribution in [1.82, 2.24) is 19.5 Å². The number of aromatic nitrogens is 4. The molecule has 0 unspecified atom stereocenters. The second-order valence-electron chi connectivity index (χ2n) is 8.95. The van der Waals surface area contributed by atoms with E-state index in [9.17, 15) is 0 Å². The van der Waals surface area contributed by atoms with Crippen molar-refractivity contribution < 1.29 is 4.42 Å². The lowest BCUT2D eigenvalue weighted by Crippen LogP contribution is -1.93. The molecule has 0 fully saturated rings. The minimum Gasteiger partial charge on any atom is -0.456 e. The molecule has 0 saturated carbocycles. The highest BCUT2D eigenvalue weighted by Gasteiger charge is 2.16. The Morgan fingerprint density at radius 3 is 2.42 bits per heavy atom. The van der Waals surface area contributed by atoms with Gasteiger partial charge in [-0.25, -0.2) is 0 Å². The third-order valence-corrected chi connectivity index (χ3v) is 6.95. The summed E-state index contributed by atoms with van der Waals surface area (Å²) in [6.07, 6.45) is 5.60. The molecule has 168 valence electrons. The van der Waals surface area contributed by atoms with Crippen molar-refractivity contribution in [3.63, 3.8) is 0 Å². The van der Waals surface area contributed by atoms with Crippen LogP contribution >= 0.6 is 0 Å². The molecule has 5 heteroatoms. The molecule has 8 rings (SSSR count). The zero-order chi connectivity index (χ0) is 23.6. The third-order valence-electron chi connectivity index (χ3n) is 6.95. The van der Waals surface area contributed by atoms with E-state index in [2.05, 4.69) is 63.1 Å². The molecule has 8 aromatic rings. The number of benzene rings is 3. The Hall–Kier alpha value is -5.03. The summed E-state index contributed by atoms with van der Waals surface area (Å²) < 4.78 is 8.56. The minimum atomic E-state index is 0.817. The molecule has 5 aromatic heterocycles. The largest absolute Gasteiger partial charge is 0.456 e. The smallest absolute Gasteiger partial charge is 0.139 e. The second-order valence-corrected chi connectivity index (χ2v) is 8.95. The highest BCUT2D eigenvalue weighted by molar-refractivity contribution is 6.09. The summed E-state index contributed by atoms with van der Waals surface area (Å²) in [5, 5.41) is 4.25. The highest BCUT2D eigenvalue weighted by atomic mass is 16.3. The van der Waals surface area contributed by atoms with Crippen LogP contribution < -0.4 is 0 Å². The van der Waals surface area contributed by atoms with Crippen LogP contribution in [0.2, 0.25) is 0 Å². The molecule has 5 nitrogen and oxygen atoms in total. The van der Waals surface area contributed by atoms with E-state index in [0.29, 0.717) is 0 Å². The zero-order valence-electron chi connectivity index (χ0n) is 19.1. The van der Waals surface area contributed by atoms with Gasteiger partial charge in [0.2, 0.25) is 0 Å². The van der Waals surface area contributed by atoms with Gasteiger partial charge in [0, 0.05) is 57.5 Å². The van der Waals surface area contributed by atoms with E-state index in [4.69, 9.17) is 9.40 Å². The number of hydrogen-bond donors (Lipinski definition) is 0. The van der Waals surface area contributed by atoms with E-state index in [1.807, 2.05) is 61.1 Å². The van der Waals surface area contributed by atoms with Gasteiger partial charge >= 0.3 is 0 Å². The molecule has 0 radical (unpaired) electrons. The first-order chi connectivity index (χ1) is 17.8. The van der Waals surface area contributed by atoms with Gasteiger partial charge in [0.15, 0.2) is 0 Å². The summed E-state index contributed by atoms with van der Waals surface area (Å²) in [5.41, 5.74) is 8.79. The lowest BCUT2D eigenvalue weighted by atomic mass is 10.1. The van der Waals surface area contributed by atoms with Crippen LogP contribution in [-0.4, -0.2) is 19.5 Å². The molecular weight excluding hydrogens is 444 g/mol. The fourth-order valence-corrected chi connectivity index (χ4v) is 5.33. The van der Waals surface area contributed by atoms with Gasteiger partial charge in [-0.15, -0.1) is 0 Å². The van der Waals surface area contributed by atoms with Crippen molar-refractivity contribution in [3.8, 4) is 16.9 Å². The van der Waals surface area contributed by atoms with Crippen LogP contribution in [0.1, 0.15) is 0 Å². The Kier molecular flexibility index (Phi) is 3.88. The van der Waals surface area contributed by atoms with Crippen LogP contribution in [0, 0.1) is 0 Å². The van der Waals surface area contributed by atoms with Crippen LogP contribution in [0.25, 0.3) is 71.7 Å². The number of furan rings is 1. The first kappa shape index (κ1) is 19.3. The van der Waals surface area contributed by atoms with Crippen LogP contribution in [0.3, 0.4) is 0 Å². The fraction of sp³-hybridized carbons (Fsp3) is 0. The number of hydrogen-bond acceptors (Lipinski definition) is 4. The molecule has 3 aromatic carbocycles. The summed E-state index contributed by atoms with van der Waals surface area (Å²) in [4.78, 5) is 14.0.